The Labute approximate surface area is 145 Å². The van der Waals surface area contributed by atoms with Crippen LogP contribution < -0.4 is 16.0 Å². The molecule has 0 aliphatic heterocycles. The summed E-state index contributed by atoms with van der Waals surface area (Å²) in [7, 11) is 0. The standard InChI is InChI=1S/C19H21N3O3/c1-4-22(12(2)3)15-8-5-13(6-9-15)18(23)20-14-7-10-17-16(11-14)21-19(24)25-17/h5-12H,4H2,1-3H3,(H,20,23)(H,21,24). The second kappa shape index (κ2) is 6.84. The van der Waals surface area contributed by atoms with Gasteiger partial charge in [-0.15, -0.1) is 0 Å². The molecule has 3 aromatic rings. The van der Waals surface area contributed by atoms with Crippen molar-refractivity contribution < 1.29 is 9.21 Å². The van der Waals surface area contributed by atoms with Crippen LogP contribution in [0.5, 0.6) is 0 Å². The van der Waals surface area contributed by atoms with E-state index in [2.05, 4.69) is 36.0 Å². The minimum Gasteiger partial charge on any atom is -0.408 e. The topological polar surface area (TPSA) is 78.3 Å². The Morgan fingerprint density at radius 1 is 1.20 bits per heavy atom. The molecule has 0 saturated carbocycles. The van der Waals surface area contributed by atoms with Crippen molar-refractivity contribution in [1.82, 2.24) is 4.98 Å². The molecule has 0 atom stereocenters. The molecule has 0 spiro atoms. The van der Waals surface area contributed by atoms with Gasteiger partial charge in [0.2, 0.25) is 0 Å². The average Bonchev–Trinajstić information content (AvgIpc) is 2.95. The number of nitrogens with zero attached hydrogens (tertiary/aromatic N) is 1. The normalized spacial score (nSPS) is 11.0. The van der Waals surface area contributed by atoms with Crippen LogP contribution in [0.15, 0.2) is 51.7 Å². The predicted molar refractivity (Wildman–Crippen MR) is 99.4 cm³/mol. The number of carbonyl (C=O) groups excluding carboxylic acids is 1. The van der Waals surface area contributed by atoms with Crippen molar-refractivity contribution in [2.24, 2.45) is 0 Å². The van der Waals surface area contributed by atoms with Crippen molar-refractivity contribution in [3.8, 4) is 0 Å². The van der Waals surface area contributed by atoms with Crippen molar-refractivity contribution in [1.29, 1.82) is 0 Å². The highest BCUT2D eigenvalue weighted by molar-refractivity contribution is 6.05. The first-order valence-corrected chi connectivity index (χ1v) is 8.29. The van der Waals surface area contributed by atoms with E-state index >= 15 is 0 Å². The van der Waals surface area contributed by atoms with E-state index in [0.29, 0.717) is 28.4 Å². The average molecular weight is 339 g/mol. The molecule has 130 valence electrons. The molecule has 1 heterocycles. The zero-order valence-electron chi connectivity index (χ0n) is 14.5. The third-order valence-corrected chi connectivity index (χ3v) is 4.10. The van der Waals surface area contributed by atoms with Gasteiger partial charge in [0.25, 0.3) is 5.91 Å². The fourth-order valence-corrected chi connectivity index (χ4v) is 2.88. The molecule has 6 heteroatoms. The zero-order chi connectivity index (χ0) is 18.0. The first-order valence-electron chi connectivity index (χ1n) is 8.29. The molecular weight excluding hydrogens is 318 g/mol. The number of aromatic nitrogens is 1. The van der Waals surface area contributed by atoms with Gasteiger partial charge in [-0.05, 0) is 63.2 Å². The molecule has 1 amide bonds. The zero-order valence-corrected chi connectivity index (χ0v) is 14.5. The molecule has 2 N–H and O–H groups in total. The Morgan fingerprint density at radius 3 is 2.56 bits per heavy atom. The van der Waals surface area contributed by atoms with Gasteiger partial charge in [-0.1, -0.05) is 0 Å². The summed E-state index contributed by atoms with van der Waals surface area (Å²) in [6.45, 7) is 7.30. The van der Waals surface area contributed by atoms with Crippen molar-refractivity contribution in [3.63, 3.8) is 0 Å². The van der Waals surface area contributed by atoms with E-state index in [1.54, 1.807) is 18.2 Å². The molecule has 0 fully saturated rings. The van der Waals surface area contributed by atoms with Crippen LogP contribution in [0.1, 0.15) is 31.1 Å². The molecule has 2 aromatic carbocycles. The smallest absolute Gasteiger partial charge is 0.408 e. The molecule has 0 aliphatic carbocycles. The van der Waals surface area contributed by atoms with Crippen molar-refractivity contribution in [3.05, 3.63) is 58.6 Å². The summed E-state index contributed by atoms with van der Waals surface area (Å²) in [5.41, 5.74) is 3.26. The second-order valence-corrected chi connectivity index (χ2v) is 6.11. The van der Waals surface area contributed by atoms with E-state index in [1.165, 1.54) is 0 Å². The lowest BCUT2D eigenvalue weighted by atomic mass is 10.1. The van der Waals surface area contributed by atoms with E-state index < -0.39 is 5.76 Å². The molecule has 0 radical (unpaired) electrons. The number of anilines is 2. The highest BCUT2D eigenvalue weighted by atomic mass is 16.4. The number of hydrogen-bond donors (Lipinski definition) is 2. The number of rotatable bonds is 5. The third-order valence-electron chi connectivity index (χ3n) is 4.10. The van der Waals surface area contributed by atoms with Gasteiger partial charge in [0, 0.05) is 29.5 Å². The first-order chi connectivity index (χ1) is 12.0. The van der Waals surface area contributed by atoms with E-state index in [1.807, 2.05) is 24.3 Å². The highest BCUT2D eigenvalue weighted by Crippen LogP contribution is 2.20. The first kappa shape index (κ1) is 16.8. The minimum atomic E-state index is -0.514. The van der Waals surface area contributed by atoms with Crippen LogP contribution in [-0.4, -0.2) is 23.5 Å². The Bertz CT molecular complexity index is 938. The van der Waals surface area contributed by atoms with Gasteiger partial charge in [0.15, 0.2) is 5.58 Å². The maximum atomic E-state index is 12.4. The number of aromatic amines is 1. The van der Waals surface area contributed by atoms with Gasteiger partial charge in [-0.3, -0.25) is 9.78 Å². The number of nitrogens with one attached hydrogen (secondary N) is 2. The quantitative estimate of drug-likeness (QED) is 0.744. The summed E-state index contributed by atoms with van der Waals surface area (Å²) >= 11 is 0. The fourth-order valence-electron chi connectivity index (χ4n) is 2.88. The second-order valence-electron chi connectivity index (χ2n) is 6.11. The Kier molecular flexibility index (Phi) is 4.61. The van der Waals surface area contributed by atoms with Gasteiger partial charge in [0.05, 0.1) is 5.52 Å². The highest BCUT2D eigenvalue weighted by Gasteiger charge is 2.11. The molecule has 0 saturated heterocycles. The third kappa shape index (κ3) is 3.57. The number of carbonyl (C=O) groups is 1. The summed E-state index contributed by atoms with van der Waals surface area (Å²) in [6.07, 6.45) is 0. The fraction of sp³-hybridized carbons (Fsp3) is 0.263. The molecule has 0 bridgehead atoms. The van der Waals surface area contributed by atoms with Gasteiger partial charge >= 0.3 is 5.76 Å². The van der Waals surface area contributed by atoms with E-state index in [-0.39, 0.29) is 5.91 Å². The van der Waals surface area contributed by atoms with Gasteiger partial charge in [0.1, 0.15) is 0 Å². The van der Waals surface area contributed by atoms with Crippen LogP contribution in [0.3, 0.4) is 0 Å². The predicted octanol–water partition coefficient (Wildman–Crippen LogP) is 3.61. The molecule has 6 nitrogen and oxygen atoms in total. The maximum Gasteiger partial charge on any atom is 0.417 e. The summed E-state index contributed by atoms with van der Waals surface area (Å²) in [5.74, 6) is -0.718. The van der Waals surface area contributed by atoms with Crippen molar-refractivity contribution in [2.45, 2.75) is 26.8 Å². The number of amides is 1. The van der Waals surface area contributed by atoms with Crippen LogP contribution in [0.2, 0.25) is 0 Å². The van der Waals surface area contributed by atoms with E-state index in [0.717, 1.165) is 12.2 Å². The summed E-state index contributed by atoms with van der Waals surface area (Å²) < 4.78 is 4.95. The monoisotopic (exact) mass is 339 g/mol. The van der Waals surface area contributed by atoms with Crippen LogP contribution >= 0.6 is 0 Å². The van der Waals surface area contributed by atoms with Gasteiger partial charge < -0.3 is 14.6 Å². The van der Waals surface area contributed by atoms with Crippen LogP contribution in [-0.2, 0) is 0 Å². The summed E-state index contributed by atoms with van der Waals surface area (Å²) in [4.78, 5) is 28.4. The van der Waals surface area contributed by atoms with Gasteiger partial charge in [-0.2, -0.15) is 0 Å². The lowest BCUT2D eigenvalue weighted by Gasteiger charge is -2.27. The minimum absolute atomic E-state index is 0.204. The van der Waals surface area contributed by atoms with E-state index in [9.17, 15) is 9.59 Å². The Morgan fingerprint density at radius 2 is 1.92 bits per heavy atom. The molecular formula is C19H21N3O3. The maximum absolute atomic E-state index is 12.4. The van der Waals surface area contributed by atoms with Crippen LogP contribution in [0, 0.1) is 0 Å². The number of hydrogen-bond acceptors (Lipinski definition) is 4. The van der Waals surface area contributed by atoms with Crippen molar-refractivity contribution in [2.75, 3.05) is 16.8 Å². The van der Waals surface area contributed by atoms with Crippen LogP contribution in [0.4, 0.5) is 11.4 Å². The molecule has 25 heavy (non-hydrogen) atoms. The summed E-state index contributed by atoms with van der Waals surface area (Å²) in [6, 6.07) is 12.9. The van der Waals surface area contributed by atoms with Crippen LogP contribution in [0.25, 0.3) is 11.1 Å². The molecule has 1 aromatic heterocycles. The molecule has 0 aliphatic rings. The summed E-state index contributed by atoms with van der Waals surface area (Å²) in [5, 5.41) is 2.83. The SMILES string of the molecule is CCN(c1ccc(C(=O)Nc2ccc3oc(=O)[nH]c3c2)cc1)C(C)C. The lowest BCUT2D eigenvalue weighted by molar-refractivity contribution is 0.102. The number of fused-ring (bicyclic) bond motifs is 1. The van der Waals surface area contributed by atoms with Crippen molar-refractivity contribution >= 4 is 28.4 Å². The number of benzene rings is 2. The molecule has 3 rings (SSSR count). The largest absolute Gasteiger partial charge is 0.417 e. The Balaban J connectivity index is 1.76. The number of H-pyrrole nitrogens is 1. The van der Waals surface area contributed by atoms with E-state index in [4.69, 9.17) is 4.42 Å². The lowest BCUT2D eigenvalue weighted by Crippen LogP contribution is -2.30. The van der Waals surface area contributed by atoms with Gasteiger partial charge in [-0.25, -0.2) is 4.79 Å². The molecule has 0 unspecified atom stereocenters. The number of oxazole rings is 1. The Hall–Kier alpha value is -3.02.